The first-order valence-electron chi connectivity index (χ1n) is 6.89. The lowest BCUT2D eigenvalue weighted by atomic mass is 10.1. The van der Waals surface area contributed by atoms with E-state index >= 15 is 0 Å². The minimum absolute atomic E-state index is 0.00814. The minimum atomic E-state index is -3.56. The quantitative estimate of drug-likeness (QED) is 0.674. The highest BCUT2D eigenvalue weighted by Crippen LogP contribution is 2.11. The van der Waals surface area contributed by atoms with Gasteiger partial charge in [0.25, 0.3) is 10.2 Å². The van der Waals surface area contributed by atoms with Gasteiger partial charge in [-0.25, -0.2) is 17.4 Å². The Hall–Kier alpha value is -0.710. The molecule has 0 unspecified atom stereocenters. The molecule has 0 heterocycles. The Bertz CT molecular complexity index is 703. The summed E-state index contributed by atoms with van der Waals surface area (Å²) in [5.74, 6) is 0. The molecule has 0 aliphatic carbocycles. The van der Waals surface area contributed by atoms with E-state index in [4.69, 9.17) is 11.6 Å². The predicted molar refractivity (Wildman–Crippen MR) is 92.2 cm³/mol. The Morgan fingerprint density at radius 3 is 2.09 bits per heavy atom. The predicted octanol–water partition coefficient (Wildman–Crippen LogP) is 0.540. The normalized spacial score (nSPS) is 13.0. The van der Waals surface area contributed by atoms with Gasteiger partial charge in [-0.2, -0.15) is 12.7 Å². The molecule has 0 aliphatic rings. The van der Waals surface area contributed by atoms with Crippen molar-refractivity contribution in [2.45, 2.75) is 6.42 Å². The van der Waals surface area contributed by atoms with Gasteiger partial charge >= 0.3 is 0 Å². The monoisotopic (exact) mass is 383 g/mol. The fourth-order valence-electron chi connectivity index (χ4n) is 1.78. The fraction of sp³-hybridized carbons (Fsp3) is 0.538. The molecule has 1 aromatic rings. The molecule has 7 nitrogen and oxygen atoms in total. The molecule has 0 aliphatic heterocycles. The number of hydrogen-bond donors (Lipinski definition) is 1. The highest BCUT2D eigenvalue weighted by molar-refractivity contribution is 7.88. The summed E-state index contributed by atoms with van der Waals surface area (Å²) < 4.78 is 51.5. The van der Waals surface area contributed by atoms with Crippen molar-refractivity contribution in [3.05, 3.63) is 34.9 Å². The number of halogens is 1. The SMILES string of the molecule is CN(C)S(=O)(=O)NCCN(CCc1ccc(Cl)cc1)S(C)(=O)=O. The Labute approximate surface area is 143 Å². The maximum Gasteiger partial charge on any atom is 0.278 e. The number of hydrogen-bond acceptors (Lipinski definition) is 4. The molecule has 1 N–H and O–H groups in total. The first-order chi connectivity index (χ1) is 10.5. The zero-order valence-corrected chi connectivity index (χ0v) is 15.7. The number of nitrogens with one attached hydrogen (secondary N) is 1. The third-order valence-corrected chi connectivity index (χ3v) is 6.24. The summed E-state index contributed by atoms with van der Waals surface area (Å²) in [5, 5.41) is 0.617. The third kappa shape index (κ3) is 7.15. The zero-order valence-electron chi connectivity index (χ0n) is 13.4. The van der Waals surface area contributed by atoms with Crippen LogP contribution in [-0.2, 0) is 26.7 Å². The van der Waals surface area contributed by atoms with E-state index < -0.39 is 20.2 Å². The molecule has 0 amide bonds. The van der Waals surface area contributed by atoms with Crippen molar-refractivity contribution in [2.24, 2.45) is 0 Å². The van der Waals surface area contributed by atoms with E-state index in [9.17, 15) is 16.8 Å². The Morgan fingerprint density at radius 1 is 1.04 bits per heavy atom. The zero-order chi connectivity index (χ0) is 17.7. The molecule has 0 aromatic heterocycles. The lowest BCUT2D eigenvalue weighted by Crippen LogP contribution is -2.42. The molecule has 0 bridgehead atoms. The average molecular weight is 384 g/mol. The minimum Gasteiger partial charge on any atom is -0.213 e. The van der Waals surface area contributed by atoms with Crippen LogP contribution in [0.5, 0.6) is 0 Å². The van der Waals surface area contributed by atoms with E-state index in [0.29, 0.717) is 11.4 Å². The molecule has 132 valence electrons. The number of nitrogens with zero attached hydrogens (tertiary/aromatic N) is 2. The maximum absolute atomic E-state index is 11.8. The number of rotatable bonds is 9. The topological polar surface area (TPSA) is 86.8 Å². The molecule has 10 heteroatoms. The van der Waals surface area contributed by atoms with Crippen molar-refractivity contribution in [1.82, 2.24) is 13.3 Å². The molecule has 0 saturated heterocycles. The van der Waals surface area contributed by atoms with E-state index in [1.807, 2.05) is 12.1 Å². The van der Waals surface area contributed by atoms with E-state index in [1.165, 1.54) is 18.4 Å². The first kappa shape index (κ1) is 20.3. The van der Waals surface area contributed by atoms with E-state index in [-0.39, 0.29) is 19.6 Å². The van der Waals surface area contributed by atoms with Crippen molar-refractivity contribution in [3.8, 4) is 0 Å². The smallest absolute Gasteiger partial charge is 0.213 e. The summed E-state index contributed by atoms with van der Waals surface area (Å²) in [5.41, 5.74) is 0.955. The fourth-order valence-corrected chi connectivity index (χ4v) is 3.36. The second-order valence-electron chi connectivity index (χ2n) is 5.22. The van der Waals surface area contributed by atoms with Crippen LogP contribution < -0.4 is 4.72 Å². The van der Waals surface area contributed by atoms with Gasteiger partial charge in [-0.15, -0.1) is 0 Å². The van der Waals surface area contributed by atoms with Crippen LogP contribution in [0.4, 0.5) is 0 Å². The van der Waals surface area contributed by atoms with Crippen LogP contribution in [0.2, 0.25) is 5.02 Å². The molecule has 0 radical (unpaired) electrons. The van der Waals surface area contributed by atoms with Crippen LogP contribution in [0.3, 0.4) is 0 Å². The largest absolute Gasteiger partial charge is 0.278 e. The summed E-state index contributed by atoms with van der Waals surface area (Å²) in [7, 11) is -4.19. The van der Waals surface area contributed by atoms with Gasteiger partial charge in [-0.3, -0.25) is 0 Å². The highest BCUT2D eigenvalue weighted by Gasteiger charge is 2.18. The average Bonchev–Trinajstić information content (AvgIpc) is 2.42. The van der Waals surface area contributed by atoms with Gasteiger partial charge in [-0.1, -0.05) is 23.7 Å². The van der Waals surface area contributed by atoms with Gasteiger partial charge in [0.15, 0.2) is 0 Å². The van der Waals surface area contributed by atoms with Crippen LogP contribution >= 0.6 is 11.6 Å². The summed E-state index contributed by atoms with van der Waals surface area (Å²) in [4.78, 5) is 0. The van der Waals surface area contributed by atoms with E-state index in [1.54, 1.807) is 12.1 Å². The van der Waals surface area contributed by atoms with Crippen molar-refractivity contribution in [1.29, 1.82) is 0 Å². The Balaban J connectivity index is 2.62. The van der Waals surface area contributed by atoms with Crippen molar-refractivity contribution >= 4 is 31.8 Å². The summed E-state index contributed by atoms with van der Waals surface area (Å²) in [6.07, 6.45) is 1.62. The maximum atomic E-state index is 11.8. The lowest BCUT2D eigenvalue weighted by molar-refractivity contribution is 0.416. The molecule has 0 saturated carbocycles. The number of benzene rings is 1. The van der Waals surface area contributed by atoms with Crippen LogP contribution in [0.25, 0.3) is 0 Å². The molecule has 1 rings (SSSR count). The van der Waals surface area contributed by atoms with Crippen LogP contribution in [0.1, 0.15) is 5.56 Å². The van der Waals surface area contributed by atoms with Crippen LogP contribution in [0, 0.1) is 0 Å². The van der Waals surface area contributed by atoms with Gasteiger partial charge in [-0.05, 0) is 24.1 Å². The summed E-state index contributed by atoms with van der Waals surface area (Å²) in [6, 6.07) is 7.15. The first-order valence-corrected chi connectivity index (χ1v) is 10.6. The van der Waals surface area contributed by atoms with E-state index in [2.05, 4.69) is 4.72 Å². The molecule has 1 aromatic carbocycles. The molecule has 0 atom stereocenters. The number of sulfonamides is 1. The third-order valence-electron chi connectivity index (χ3n) is 3.16. The van der Waals surface area contributed by atoms with Crippen molar-refractivity contribution in [2.75, 3.05) is 40.0 Å². The second-order valence-corrected chi connectivity index (χ2v) is 9.61. The second kappa shape index (κ2) is 8.41. The lowest BCUT2D eigenvalue weighted by Gasteiger charge is -2.21. The standard InChI is InChI=1S/C13H22ClN3O4S2/c1-16(2)23(20,21)15-9-11-17(22(3,18)19)10-8-12-4-6-13(14)7-5-12/h4-7,15H,8-11H2,1-3H3. The molecule has 0 fully saturated rings. The van der Waals surface area contributed by atoms with Crippen LogP contribution in [0.15, 0.2) is 24.3 Å². The Kier molecular flexibility index (Phi) is 7.43. The van der Waals surface area contributed by atoms with E-state index in [0.717, 1.165) is 16.1 Å². The molecule has 23 heavy (non-hydrogen) atoms. The highest BCUT2D eigenvalue weighted by atomic mass is 35.5. The molecule has 0 spiro atoms. The van der Waals surface area contributed by atoms with Crippen molar-refractivity contribution in [3.63, 3.8) is 0 Å². The summed E-state index contributed by atoms with van der Waals surface area (Å²) >= 11 is 5.81. The van der Waals surface area contributed by atoms with Crippen molar-refractivity contribution < 1.29 is 16.8 Å². The van der Waals surface area contributed by atoms with Gasteiger partial charge in [0.1, 0.15) is 0 Å². The van der Waals surface area contributed by atoms with Gasteiger partial charge < -0.3 is 0 Å². The summed E-state index contributed by atoms with van der Waals surface area (Å²) in [6.45, 7) is 0.345. The Morgan fingerprint density at radius 2 is 1.61 bits per heavy atom. The van der Waals surface area contributed by atoms with Gasteiger partial charge in [0, 0.05) is 38.8 Å². The molecular formula is C13H22ClN3O4S2. The molecular weight excluding hydrogens is 362 g/mol. The van der Waals surface area contributed by atoms with Crippen LogP contribution in [-0.4, -0.2) is 65.4 Å². The van der Waals surface area contributed by atoms with Gasteiger partial charge in [0.05, 0.1) is 6.26 Å². The van der Waals surface area contributed by atoms with Gasteiger partial charge in [0.2, 0.25) is 10.0 Å².